The fraction of sp³-hybridized carbons (Fsp3) is 0.0870. The average molecular weight is 386 g/mol. The molecule has 29 heavy (non-hydrogen) atoms. The van der Waals surface area contributed by atoms with Crippen LogP contribution < -0.4 is 5.32 Å². The number of esters is 1. The number of ether oxygens (including phenoxy) is 1. The van der Waals surface area contributed by atoms with Crippen LogP contribution in [-0.2, 0) is 11.3 Å². The second-order valence-corrected chi connectivity index (χ2v) is 6.46. The fourth-order valence-corrected chi connectivity index (χ4v) is 3.11. The number of benzene rings is 3. The Morgan fingerprint density at radius 2 is 1.66 bits per heavy atom. The molecule has 0 spiro atoms. The molecule has 0 unspecified atom stereocenters. The SMILES string of the molecule is COC(=O)c1ccccc1C(=O)NCc1cc(-c2ccc3ccccc3c2)on1. The number of hydrogen-bond acceptors (Lipinski definition) is 5. The molecule has 0 fully saturated rings. The summed E-state index contributed by atoms with van der Waals surface area (Å²) in [6, 6.07) is 22.4. The van der Waals surface area contributed by atoms with Gasteiger partial charge in [-0.3, -0.25) is 4.79 Å². The van der Waals surface area contributed by atoms with Crippen molar-refractivity contribution in [2.75, 3.05) is 7.11 Å². The van der Waals surface area contributed by atoms with Crippen molar-refractivity contribution in [2.45, 2.75) is 6.54 Å². The summed E-state index contributed by atoms with van der Waals surface area (Å²) in [4.78, 5) is 24.3. The third kappa shape index (κ3) is 3.87. The largest absolute Gasteiger partial charge is 0.465 e. The van der Waals surface area contributed by atoms with Crippen LogP contribution in [0.25, 0.3) is 22.1 Å². The van der Waals surface area contributed by atoms with Crippen LogP contribution in [0, 0.1) is 0 Å². The molecule has 4 aromatic rings. The molecule has 6 nitrogen and oxygen atoms in total. The molecular weight excluding hydrogens is 368 g/mol. The first-order chi connectivity index (χ1) is 14.2. The van der Waals surface area contributed by atoms with Gasteiger partial charge in [0, 0.05) is 11.6 Å². The number of hydrogen-bond donors (Lipinski definition) is 1. The first-order valence-electron chi connectivity index (χ1n) is 9.06. The molecule has 1 amide bonds. The third-order valence-electron chi connectivity index (χ3n) is 4.60. The molecule has 0 aliphatic carbocycles. The number of methoxy groups -OCH3 is 1. The maximum atomic E-state index is 12.5. The molecular formula is C23H18N2O4. The Morgan fingerprint density at radius 1 is 0.931 bits per heavy atom. The second-order valence-electron chi connectivity index (χ2n) is 6.46. The number of aromatic nitrogens is 1. The summed E-state index contributed by atoms with van der Waals surface area (Å²) in [6.07, 6.45) is 0. The van der Waals surface area contributed by atoms with Gasteiger partial charge in [-0.2, -0.15) is 0 Å². The molecule has 0 aliphatic rings. The molecule has 0 saturated heterocycles. The van der Waals surface area contributed by atoms with E-state index in [1.807, 2.05) is 42.5 Å². The van der Waals surface area contributed by atoms with Crippen molar-refractivity contribution in [1.82, 2.24) is 10.5 Å². The maximum Gasteiger partial charge on any atom is 0.338 e. The molecule has 0 bridgehead atoms. The molecule has 144 valence electrons. The molecule has 1 aromatic heterocycles. The lowest BCUT2D eigenvalue weighted by molar-refractivity contribution is 0.0596. The number of nitrogens with one attached hydrogen (secondary N) is 1. The summed E-state index contributed by atoms with van der Waals surface area (Å²) in [6.45, 7) is 0.172. The van der Waals surface area contributed by atoms with Gasteiger partial charge in [0.25, 0.3) is 5.91 Å². The van der Waals surface area contributed by atoms with Gasteiger partial charge in [-0.05, 0) is 29.0 Å². The summed E-state index contributed by atoms with van der Waals surface area (Å²) >= 11 is 0. The normalized spacial score (nSPS) is 10.7. The van der Waals surface area contributed by atoms with Crippen LogP contribution in [0.1, 0.15) is 26.4 Å². The molecule has 0 atom stereocenters. The number of amides is 1. The van der Waals surface area contributed by atoms with Gasteiger partial charge in [-0.25, -0.2) is 4.79 Å². The minimum absolute atomic E-state index is 0.172. The summed E-state index contributed by atoms with van der Waals surface area (Å²) < 4.78 is 10.2. The van der Waals surface area contributed by atoms with Crippen molar-refractivity contribution in [3.05, 3.63) is 89.6 Å². The maximum absolute atomic E-state index is 12.5. The molecule has 6 heteroatoms. The van der Waals surface area contributed by atoms with E-state index in [1.165, 1.54) is 7.11 Å². The van der Waals surface area contributed by atoms with E-state index in [0.29, 0.717) is 11.5 Å². The highest BCUT2D eigenvalue weighted by Crippen LogP contribution is 2.25. The Labute approximate surface area is 167 Å². The van der Waals surface area contributed by atoms with Gasteiger partial charge in [-0.15, -0.1) is 0 Å². The topological polar surface area (TPSA) is 81.4 Å². The predicted molar refractivity (Wildman–Crippen MR) is 108 cm³/mol. The Kier molecular flexibility index (Phi) is 5.07. The molecule has 1 heterocycles. The lowest BCUT2D eigenvalue weighted by atomic mass is 10.1. The number of carbonyl (C=O) groups is 2. The van der Waals surface area contributed by atoms with Gasteiger partial charge in [-0.1, -0.05) is 53.7 Å². The van der Waals surface area contributed by atoms with Gasteiger partial charge in [0.15, 0.2) is 5.76 Å². The van der Waals surface area contributed by atoms with Crippen molar-refractivity contribution in [2.24, 2.45) is 0 Å². The minimum atomic E-state index is -0.559. The van der Waals surface area contributed by atoms with Crippen LogP contribution in [0.2, 0.25) is 0 Å². The standard InChI is InChI=1S/C23H18N2O4/c1-28-23(27)20-9-5-4-8-19(20)22(26)24-14-18-13-21(29-25-18)17-11-10-15-6-2-3-7-16(15)12-17/h2-13H,14H2,1H3,(H,24,26). The molecule has 0 aliphatic heterocycles. The lowest BCUT2D eigenvalue weighted by Crippen LogP contribution is -2.25. The second kappa shape index (κ2) is 7.98. The highest BCUT2D eigenvalue weighted by Gasteiger charge is 2.17. The summed E-state index contributed by atoms with van der Waals surface area (Å²) in [7, 11) is 1.28. The highest BCUT2D eigenvalue weighted by molar-refractivity contribution is 6.05. The van der Waals surface area contributed by atoms with E-state index < -0.39 is 5.97 Å². The van der Waals surface area contributed by atoms with Gasteiger partial charge in [0.05, 0.1) is 24.8 Å². The minimum Gasteiger partial charge on any atom is -0.465 e. The van der Waals surface area contributed by atoms with Crippen molar-refractivity contribution >= 4 is 22.6 Å². The monoisotopic (exact) mass is 386 g/mol. The number of fused-ring (bicyclic) bond motifs is 1. The Morgan fingerprint density at radius 3 is 2.45 bits per heavy atom. The van der Waals surface area contributed by atoms with Gasteiger partial charge < -0.3 is 14.6 Å². The van der Waals surface area contributed by atoms with Crippen LogP contribution >= 0.6 is 0 Å². The smallest absolute Gasteiger partial charge is 0.338 e. The van der Waals surface area contributed by atoms with E-state index in [2.05, 4.69) is 10.5 Å². The highest BCUT2D eigenvalue weighted by atomic mass is 16.5. The van der Waals surface area contributed by atoms with Crippen molar-refractivity contribution in [3.63, 3.8) is 0 Å². The zero-order chi connectivity index (χ0) is 20.2. The van der Waals surface area contributed by atoms with Crippen molar-refractivity contribution < 1.29 is 18.8 Å². The summed E-state index contributed by atoms with van der Waals surface area (Å²) in [5.41, 5.74) is 1.95. The number of carbonyl (C=O) groups excluding carboxylic acids is 2. The first-order valence-corrected chi connectivity index (χ1v) is 9.06. The van der Waals surface area contributed by atoms with Gasteiger partial charge in [0.1, 0.15) is 5.69 Å². The van der Waals surface area contributed by atoms with E-state index in [1.54, 1.807) is 30.3 Å². The quantitative estimate of drug-likeness (QED) is 0.520. The van der Waals surface area contributed by atoms with E-state index in [4.69, 9.17) is 9.26 Å². The number of nitrogens with zero attached hydrogens (tertiary/aromatic N) is 1. The number of rotatable bonds is 5. The van der Waals surface area contributed by atoms with Crippen LogP contribution in [0.4, 0.5) is 0 Å². The van der Waals surface area contributed by atoms with E-state index in [9.17, 15) is 9.59 Å². The Balaban J connectivity index is 1.48. The van der Waals surface area contributed by atoms with Gasteiger partial charge in [0.2, 0.25) is 0 Å². The Bertz CT molecular complexity index is 1200. The fourth-order valence-electron chi connectivity index (χ4n) is 3.11. The van der Waals surface area contributed by atoms with Crippen LogP contribution in [0.5, 0.6) is 0 Å². The molecule has 4 rings (SSSR count). The first kappa shape index (κ1) is 18.4. The predicted octanol–water partition coefficient (Wildman–Crippen LogP) is 4.21. The van der Waals surface area contributed by atoms with E-state index in [-0.39, 0.29) is 23.6 Å². The van der Waals surface area contributed by atoms with Crippen molar-refractivity contribution in [3.8, 4) is 11.3 Å². The summed E-state index contributed by atoms with van der Waals surface area (Å²) in [5.74, 6) is -0.327. The molecule has 1 N–H and O–H groups in total. The zero-order valence-corrected chi connectivity index (χ0v) is 15.7. The van der Waals surface area contributed by atoms with E-state index >= 15 is 0 Å². The van der Waals surface area contributed by atoms with Crippen LogP contribution in [-0.4, -0.2) is 24.1 Å². The molecule has 0 radical (unpaired) electrons. The van der Waals surface area contributed by atoms with Crippen LogP contribution in [0.15, 0.2) is 77.3 Å². The molecule has 0 saturated carbocycles. The van der Waals surface area contributed by atoms with Crippen molar-refractivity contribution in [1.29, 1.82) is 0 Å². The van der Waals surface area contributed by atoms with E-state index in [0.717, 1.165) is 16.3 Å². The Hall–Kier alpha value is -3.93. The zero-order valence-electron chi connectivity index (χ0n) is 15.7. The molecule has 3 aromatic carbocycles. The average Bonchev–Trinajstić information content (AvgIpc) is 3.25. The van der Waals surface area contributed by atoms with Crippen LogP contribution in [0.3, 0.4) is 0 Å². The lowest BCUT2D eigenvalue weighted by Gasteiger charge is -2.07. The van der Waals surface area contributed by atoms with Gasteiger partial charge >= 0.3 is 5.97 Å². The summed E-state index contributed by atoms with van der Waals surface area (Å²) in [5, 5.41) is 9.04. The third-order valence-corrected chi connectivity index (χ3v) is 4.60.